The number of halogens is 2. The van der Waals surface area contributed by atoms with Crippen LogP contribution in [-0.4, -0.2) is 19.9 Å². The highest BCUT2D eigenvalue weighted by Crippen LogP contribution is 2.34. The fourth-order valence-corrected chi connectivity index (χ4v) is 3.29. The lowest BCUT2D eigenvalue weighted by molar-refractivity contribution is 0.629. The van der Waals surface area contributed by atoms with Gasteiger partial charge in [0.15, 0.2) is 0 Å². The third kappa shape index (κ3) is 3.51. The van der Waals surface area contributed by atoms with Gasteiger partial charge in [0.2, 0.25) is 0 Å². The molecule has 0 radical (unpaired) electrons. The van der Waals surface area contributed by atoms with Gasteiger partial charge in [-0.1, -0.05) is 17.7 Å². The molecule has 3 aromatic heterocycles. The normalized spacial score (nSPS) is 10.7. The fourth-order valence-electron chi connectivity index (χ4n) is 3.04. The van der Waals surface area contributed by atoms with E-state index in [1.807, 2.05) is 18.2 Å². The molecule has 142 valence electrons. The first-order valence-electron chi connectivity index (χ1n) is 8.51. The molecule has 29 heavy (non-hydrogen) atoms. The van der Waals surface area contributed by atoms with Crippen LogP contribution in [0.25, 0.3) is 22.2 Å². The van der Waals surface area contributed by atoms with Gasteiger partial charge in [-0.15, -0.1) is 0 Å². The largest absolute Gasteiger partial charge is 0.382 e. The van der Waals surface area contributed by atoms with E-state index in [0.717, 1.165) is 5.56 Å². The molecular weight excluding hydrogens is 393 g/mol. The maximum atomic E-state index is 14.1. The van der Waals surface area contributed by atoms with Crippen LogP contribution in [0.5, 0.6) is 0 Å². The van der Waals surface area contributed by atoms with E-state index in [2.05, 4.69) is 25.3 Å². The molecule has 0 saturated heterocycles. The van der Waals surface area contributed by atoms with Gasteiger partial charge in [0.05, 0.1) is 16.2 Å². The van der Waals surface area contributed by atoms with Crippen molar-refractivity contribution in [3.63, 3.8) is 0 Å². The van der Waals surface area contributed by atoms with Crippen LogP contribution in [0.1, 0.15) is 11.1 Å². The molecule has 9 heteroatoms. The Morgan fingerprint density at radius 3 is 2.79 bits per heavy atom. The van der Waals surface area contributed by atoms with Crippen LogP contribution in [0.4, 0.5) is 16.0 Å². The number of aromatic nitrogens is 4. The zero-order chi connectivity index (χ0) is 20.4. The number of benzene rings is 1. The Bertz CT molecular complexity index is 1260. The van der Waals surface area contributed by atoms with Crippen LogP contribution in [0, 0.1) is 17.1 Å². The highest BCUT2D eigenvalue weighted by atomic mass is 35.5. The number of nitriles is 1. The van der Waals surface area contributed by atoms with E-state index in [4.69, 9.17) is 17.3 Å². The van der Waals surface area contributed by atoms with Crippen molar-refractivity contribution < 1.29 is 4.39 Å². The summed E-state index contributed by atoms with van der Waals surface area (Å²) >= 11 is 6.20. The van der Waals surface area contributed by atoms with Gasteiger partial charge in [-0.25, -0.2) is 14.4 Å². The molecule has 0 unspecified atom stereocenters. The number of nitrogens with two attached hydrogens (primary N) is 1. The van der Waals surface area contributed by atoms with Crippen LogP contribution in [0.3, 0.4) is 0 Å². The predicted molar refractivity (Wildman–Crippen MR) is 108 cm³/mol. The smallest absolute Gasteiger partial charge is 0.149 e. The third-order valence-corrected chi connectivity index (χ3v) is 4.61. The van der Waals surface area contributed by atoms with Crippen LogP contribution in [0.2, 0.25) is 5.02 Å². The molecule has 0 aliphatic carbocycles. The zero-order valence-corrected chi connectivity index (χ0v) is 15.7. The summed E-state index contributed by atoms with van der Waals surface area (Å²) in [6, 6.07) is 10.0. The Labute approximate surface area is 170 Å². The standard InChI is InChI=1S/C20H13ClFN7/c21-15-6-12(22)5-13-17(16-3-1-2-4-25-16)11(8-26-18(13)15)9-27-20-14(7-23)19(24)28-10-29-20/h1-6,8,10H,9H2,(H3,24,27,28,29). The van der Waals surface area contributed by atoms with E-state index in [0.29, 0.717) is 28.0 Å². The lowest BCUT2D eigenvalue weighted by Gasteiger charge is -2.14. The maximum absolute atomic E-state index is 14.1. The monoisotopic (exact) mass is 405 g/mol. The van der Waals surface area contributed by atoms with Gasteiger partial charge in [-0.3, -0.25) is 9.97 Å². The quantitative estimate of drug-likeness (QED) is 0.528. The molecular formula is C20H13ClFN7. The fraction of sp³-hybridized carbons (Fsp3) is 0.0500. The van der Waals surface area contributed by atoms with Crippen molar-refractivity contribution in [3.05, 3.63) is 71.0 Å². The molecule has 4 rings (SSSR count). The number of hydrogen-bond acceptors (Lipinski definition) is 7. The van der Waals surface area contributed by atoms with Crippen molar-refractivity contribution in [1.29, 1.82) is 5.26 Å². The first-order valence-corrected chi connectivity index (χ1v) is 8.88. The summed E-state index contributed by atoms with van der Waals surface area (Å²) < 4.78 is 14.1. The van der Waals surface area contributed by atoms with Crippen molar-refractivity contribution in [2.24, 2.45) is 0 Å². The molecule has 0 atom stereocenters. The number of pyridine rings is 2. The molecule has 3 N–H and O–H groups in total. The van der Waals surface area contributed by atoms with E-state index < -0.39 is 5.82 Å². The Morgan fingerprint density at radius 2 is 2.03 bits per heavy atom. The van der Waals surface area contributed by atoms with E-state index in [1.54, 1.807) is 18.5 Å². The molecule has 3 heterocycles. The number of nitrogens with zero attached hydrogens (tertiary/aromatic N) is 5. The van der Waals surface area contributed by atoms with Gasteiger partial charge in [0.25, 0.3) is 0 Å². The van der Waals surface area contributed by atoms with Gasteiger partial charge in [0, 0.05) is 29.9 Å². The number of anilines is 2. The highest BCUT2D eigenvalue weighted by molar-refractivity contribution is 6.35. The molecule has 1 aromatic carbocycles. The van der Waals surface area contributed by atoms with Gasteiger partial charge in [-0.2, -0.15) is 5.26 Å². The third-order valence-electron chi connectivity index (χ3n) is 4.32. The van der Waals surface area contributed by atoms with Crippen molar-refractivity contribution in [1.82, 2.24) is 19.9 Å². The minimum atomic E-state index is -0.470. The SMILES string of the molecule is N#Cc1c(N)ncnc1NCc1cnc2c(Cl)cc(F)cc2c1-c1ccccn1. The number of nitrogens with one attached hydrogen (secondary N) is 1. The maximum Gasteiger partial charge on any atom is 0.149 e. The summed E-state index contributed by atoms with van der Waals surface area (Å²) in [5, 5.41) is 13.1. The first kappa shape index (κ1) is 18.5. The zero-order valence-electron chi connectivity index (χ0n) is 14.9. The van der Waals surface area contributed by atoms with Gasteiger partial charge in [-0.05, 0) is 29.8 Å². The molecule has 0 saturated carbocycles. The summed E-state index contributed by atoms with van der Waals surface area (Å²) in [4.78, 5) is 16.7. The van der Waals surface area contributed by atoms with Crippen molar-refractivity contribution >= 4 is 34.1 Å². The van der Waals surface area contributed by atoms with E-state index in [-0.39, 0.29) is 22.9 Å². The minimum Gasteiger partial charge on any atom is -0.382 e. The number of hydrogen-bond donors (Lipinski definition) is 2. The second-order valence-corrected chi connectivity index (χ2v) is 6.51. The molecule has 0 fully saturated rings. The van der Waals surface area contributed by atoms with Gasteiger partial charge in [0.1, 0.15) is 35.4 Å². The van der Waals surface area contributed by atoms with E-state index in [1.165, 1.54) is 18.5 Å². The highest BCUT2D eigenvalue weighted by Gasteiger charge is 2.16. The summed E-state index contributed by atoms with van der Waals surface area (Å²) in [6.45, 7) is 0.244. The van der Waals surface area contributed by atoms with Crippen LogP contribution < -0.4 is 11.1 Å². The molecule has 0 aliphatic heterocycles. The molecule has 7 nitrogen and oxygen atoms in total. The molecule has 0 spiro atoms. The topological polar surface area (TPSA) is 113 Å². The van der Waals surface area contributed by atoms with Gasteiger partial charge >= 0.3 is 0 Å². The average Bonchev–Trinajstić information content (AvgIpc) is 2.72. The summed E-state index contributed by atoms with van der Waals surface area (Å²) in [7, 11) is 0. The van der Waals surface area contributed by atoms with E-state index in [9.17, 15) is 9.65 Å². The second-order valence-electron chi connectivity index (χ2n) is 6.11. The molecule has 0 aliphatic rings. The molecule has 0 bridgehead atoms. The van der Waals surface area contributed by atoms with Crippen molar-refractivity contribution in [2.75, 3.05) is 11.1 Å². The lowest BCUT2D eigenvalue weighted by Crippen LogP contribution is -2.08. The number of fused-ring (bicyclic) bond motifs is 1. The Kier molecular flexibility index (Phi) is 4.89. The Balaban J connectivity index is 1.85. The van der Waals surface area contributed by atoms with Crippen LogP contribution in [0.15, 0.2) is 49.1 Å². The first-order chi connectivity index (χ1) is 14.1. The lowest BCUT2D eigenvalue weighted by atomic mass is 9.99. The van der Waals surface area contributed by atoms with Crippen LogP contribution in [-0.2, 0) is 6.54 Å². The van der Waals surface area contributed by atoms with Crippen LogP contribution >= 0.6 is 11.6 Å². The Hall–Kier alpha value is -3.83. The Morgan fingerprint density at radius 1 is 1.17 bits per heavy atom. The van der Waals surface area contributed by atoms with Gasteiger partial charge < -0.3 is 11.1 Å². The minimum absolute atomic E-state index is 0.0837. The summed E-state index contributed by atoms with van der Waals surface area (Å²) in [5.41, 5.74) is 8.41. The summed E-state index contributed by atoms with van der Waals surface area (Å²) in [6.07, 6.45) is 4.56. The number of nitrogen functional groups attached to an aromatic ring is 1. The summed E-state index contributed by atoms with van der Waals surface area (Å²) in [5.74, 6) is -0.0910. The molecule has 0 amide bonds. The predicted octanol–water partition coefficient (Wildman–Crippen LogP) is 3.95. The average molecular weight is 406 g/mol. The van der Waals surface area contributed by atoms with Crippen molar-refractivity contribution in [3.8, 4) is 17.3 Å². The number of rotatable bonds is 4. The van der Waals surface area contributed by atoms with E-state index >= 15 is 0 Å². The molecule has 4 aromatic rings. The second kappa shape index (κ2) is 7.66. The van der Waals surface area contributed by atoms with Crippen molar-refractivity contribution in [2.45, 2.75) is 6.54 Å².